The summed E-state index contributed by atoms with van der Waals surface area (Å²) >= 11 is 0. The third-order valence-corrected chi connectivity index (χ3v) is 3.47. The van der Waals surface area contributed by atoms with Crippen LogP contribution in [0.25, 0.3) is 0 Å². The molecule has 0 aromatic heterocycles. The second kappa shape index (κ2) is 8.94. The highest BCUT2D eigenvalue weighted by molar-refractivity contribution is 5.89. The van der Waals surface area contributed by atoms with Gasteiger partial charge in [-0.3, -0.25) is 0 Å². The zero-order chi connectivity index (χ0) is 18.2. The summed E-state index contributed by atoms with van der Waals surface area (Å²) in [6.45, 7) is 4.78. The van der Waals surface area contributed by atoms with E-state index >= 15 is 0 Å². The van der Waals surface area contributed by atoms with Gasteiger partial charge in [0.2, 0.25) is 0 Å². The average molecular weight is 344 g/mol. The maximum Gasteiger partial charge on any atom is 0.319 e. The van der Waals surface area contributed by atoms with Crippen LogP contribution in [0, 0.1) is 0 Å². The van der Waals surface area contributed by atoms with Crippen molar-refractivity contribution in [1.29, 1.82) is 0 Å². The lowest BCUT2D eigenvalue weighted by Gasteiger charge is -2.11. The third-order valence-electron chi connectivity index (χ3n) is 3.47. The average Bonchev–Trinajstić information content (AvgIpc) is 2.59. The molecule has 0 heterocycles. The van der Waals surface area contributed by atoms with Crippen LogP contribution in [-0.4, -0.2) is 24.4 Å². The summed E-state index contributed by atoms with van der Waals surface area (Å²) in [5.74, 6) is 0.439. The number of carbonyl (C=O) groups excluding carboxylic acids is 1. The zero-order valence-electron chi connectivity index (χ0n) is 14.7. The van der Waals surface area contributed by atoms with E-state index < -0.39 is 0 Å². The van der Waals surface area contributed by atoms with Crippen LogP contribution in [0.2, 0.25) is 0 Å². The number of urea groups is 1. The van der Waals surface area contributed by atoms with Crippen molar-refractivity contribution in [3.05, 3.63) is 53.6 Å². The first-order valence-corrected chi connectivity index (χ1v) is 8.09. The van der Waals surface area contributed by atoms with Gasteiger partial charge < -0.3 is 25.2 Å². The van der Waals surface area contributed by atoms with Gasteiger partial charge in [-0.1, -0.05) is 18.2 Å². The van der Waals surface area contributed by atoms with Gasteiger partial charge in [-0.15, -0.1) is 0 Å². The highest BCUT2D eigenvalue weighted by atomic mass is 16.5. The second-order valence-electron chi connectivity index (χ2n) is 5.87. The molecule has 6 nitrogen and oxygen atoms in total. The molecule has 0 aliphatic carbocycles. The van der Waals surface area contributed by atoms with E-state index in [1.165, 1.54) is 13.2 Å². The summed E-state index contributed by atoms with van der Waals surface area (Å²) in [6, 6.07) is 12.2. The van der Waals surface area contributed by atoms with Gasteiger partial charge in [-0.05, 0) is 49.2 Å². The molecule has 0 spiro atoms. The quantitative estimate of drug-likeness (QED) is 0.716. The Morgan fingerprint density at radius 3 is 2.68 bits per heavy atom. The molecule has 2 rings (SSSR count). The summed E-state index contributed by atoms with van der Waals surface area (Å²) in [5.41, 5.74) is 2.52. The van der Waals surface area contributed by atoms with Crippen LogP contribution in [0.5, 0.6) is 11.5 Å². The van der Waals surface area contributed by atoms with Crippen molar-refractivity contribution >= 4 is 11.7 Å². The van der Waals surface area contributed by atoms with Crippen LogP contribution in [0.15, 0.2) is 42.5 Å². The Hall–Kier alpha value is -2.73. The number of amides is 2. The number of anilines is 1. The number of nitrogens with one attached hydrogen (secondary N) is 2. The first-order valence-electron chi connectivity index (χ1n) is 8.09. The molecule has 0 bridgehead atoms. The van der Waals surface area contributed by atoms with Crippen LogP contribution >= 0.6 is 0 Å². The number of carbonyl (C=O) groups is 1. The van der Waals surface area contributed by atoms with Crippen molar-refractivity contribution in [3.63, 3.8) is 0 Å². The first-order chi connectivity index (χ1) is 12.0. The first kappa shape index (κ1) is 18.6. The SMILES string of the molecule is COc1cc(CNC(=O)Nc2cccc(COC(C)C)c2)ccc1O. The van der Waals surface area contributed by atoms with Gasteiger partial charge in [-0.25, -0.2) is 4.79 Å². The number of phenolic OH excluding ortho intramolecular Hbond substituents is 1. The van der Waals surface area contributed by atoms with Crippen LogP contribution in [0.3, 0.4) is 0 Å². The molecule has 0 unspecified atom stereocenters. The van der Waals surface area contributed by atoms with Gasteiger partial charge in [0, 0.05) is 12.2 Å². The van der Waals surface area contributed by atoms with Gasteiger partial charge in [0.15, 0.2) is 11.5 Å². The predicted molar refractivity (Wildman–Crippen MR) is 96.9 cm³/mol. The molecule has 2 aromatic carbocycles. The Morgan fingerprint density at radius 2 is 1.96 bits per heavy atom. The number of hydrogen-bond acceptors (Lipinski definition) is 4. The van der Waals surface area contributed by atoms with Crippen LogP contribution < -0.4 is 15.4 Å². The van der Waals surface area contributed by atoms with Crippen molar-refractivity contribution in [2.45, 2.75) is 33.1 Å². The predicted octanol–water partition coefficient (Wildman–Crippen LogP) is 3.65. The minimum absolute atomic E-state index is 0.0659. The normalized spacial score (nSPS) is 10.6. The molecule has 0 fully saturated rings. The fourth-order valence-corrected chi connectivity index (χ4v) is 2.19. The summed E-state index contributed by atoms with van der Waals surface area (Å²) in [6.07, 6.45) is 0.155. The summed E-state index contributed by atoms with van der Waals surface area (Å²) in [7, 11) is 1.48. The fourth-order valence-electron chi connectivity index (χ4n) is 2.19. The van der Waals surface area contributed by atoms with Crippen molar-refractivity contribution < 1.29 is 19.4 Å². The topological polar surface area (TPSA) is 79.8 Å². The minimum Gasteiger partial charge on any atom is -0.504 e. The van der Waals surface area contributed by atoms with Gasteiger partial charge in [0.05, 0.1) is 19.8 Å². The molecule has 0 saturated heterocycles. The fraction of sp³-hybridized carbons (Fsp3) is 0.316. The Morgan fingerprint density at radius 1 is 1.16 bits per heavy atom. The summed E-state index contributed by atoms with van der Waals surface area (Å²) in [4.78, 5) is 12.1. The van der Waals surface area contributed by atoms with Gasteiger partial charge in [-0.2, -0.15) is 0 Å². The molecule has 0 aliphatic rings. The van der Waals surface area contributed by atoms with Gasteiger partial charge in [0.25, 0.3) is 0 Å². The zero-order valence-corrected chi connectivity index (χ0v) is 14.7. The molecule has 0 saturated carbocycles. The molecule has 2 aromatic rings. The Kier molecular flexibility index (Phi) is 6.65. The van der Waals surface area contributed by atoms with Crippen LogP contribution in [0.4, 0.5) is 10.5 Å². The number of hydrogen-bond donors (Lipinski definition) is 3. The largest absolute Gasteiger partial charge is 0.504 e. The van der Waals surface area contributed by atoms with Crippen molar-refractivity contribution in [3.8, 4) is 11.5 Å². The number of phenols is 1. The Balaban J connectivity index is 1.89. The molecule has 25 heavy (non-hydrogen) atoms. The monoisotopic (exact) mass is 344 g/mol. The molecular weight excluding hydrogens is 320 g/mol. The van der Waals surface area contributed by atoms with E-state index in [1.54, 1.807) is 12.1 Å². The Labute approximate surface area is 147 Å². The van der Waals surface area contributed by atoms with Gasteiger partial charge >= 0.3 is 6.03 Å². The van der Waals surface area contributed by atoms with Crippen molar-refractivity contribution in [2.75, 3.05) is 12.4 Å². The van der Waals surface area contributed by atoms with E-state index in [0.29, 0.717) is 24.6 Å². The third kappa shape index (κ3) is 6.00. The lowest BCUT2D eigenvalue weighted by molar-refractivity contribution is 0.0657. The Bertz CT molecular complexity index is 716. The lowest BCUT2D eigenvalue weighted by atomic mass is 10.2. The summed E-state index contributed by atoms with van der Waals surface area (Å²) in [5, 5.41) is 15.1. The number of aromatic hydroxyl groups is 1. The van der Waals surface area contributed by atoms with Gasteiger partial charge in [0.1, 0.15) is 0 Å². The number of rotatable bonds is 7. The highest BCUT2D eigenvalue weighted by Gasteiger charge is 2.06. The molecule has 134 valence electrons. The highest BCUT2D eigenvalue weighted by Crippen LogP contribution is 2.26. The number of ether oxygens (including phenoxy) is 2. The number of methoxy groups -OCH3 is 1. The lowest BCUT2D eigenvalue weighted by Crippen LogP contribution is -2.28. The molecule has 6 heteroatoms. The van der Waals surface area contributed by atoms with E-state index in [4.69, 9.17) is 9.47 Å². The standard InChI is InChI=1S/C19H24N2O4/c1-13(2)25-12-15-5-4-6-16(9-15)21-19(23)20-11-14-7-8-17(22)18(10-14)24-3/h4-10,13,22H,11-12H2,1-3H3,(H2,20,21,23). The van der Waals surface area contributed by atoms with E-state index in [1.807, 2.05) is 38.1 Å². The maximum absolute atomic E-state index is 12.1. The van der Waals surface area contributed by atoms with E-state index in [9.17, 15) is 9.90 Å². The van der Waals surface area contributed by atoms with E-state index in [-0.39, 0.29) is 17.9 Å². The molecule has 2 amide bonds. The second-order valence-corrected chi connectivity index (χ2v) is 5.87. The van der Waals surface area contributed by atoms with E-state index in [0.717, 1.165) is 11.1 Å². The molecule has 0 radical (unpaired) electrons. The van der Waals surface area contributed by atoms with Crippen LogP contribution in [0.1, 0.15) is 25.0 Å². The minimum atomic E-state index is -0.311. The molecule has 0 aliphatic heterocycles. The number of benzene rings is 2. The van der Waals surface area contributed by atoms with Crippen LogP contribution in [-0.2, 0) is 17.9 Å². The maximum atomic E-state index is 12.1. The molecule has 3 N–H and O–H groups in total. The van der Waals surface area contributed by atoms with E-state index in [2.05, 4.69) is 10.6 Å². The summed E-state index contributed by atoms with van der Waals surface area (Å²) < 4.78 is 10.6. The van der Waals surface area contributed by atoms with Crippen molar-refractivity contribution in [2.24, 2.45) is 0 Å². The smallest absolute Gasteiger partial charge is 0.319 e. The molecule has 0 atom stereocenters. The van der Waals surface area contributed by atoms with Crippen molar-refractivity contribution in [1.82, 2.24) is 5.32 Å². The molecular formula is C19H24N2O4.